The van der Waals surface area contributed by atoms with Crippen LogP contribution < -0.4 is 5.32 Å². The third-order valence-electron chi connectivity index (χ3n) is 2.91. The van der Waals surface area contributed by atoms with E-state index >= 15 is 0 Å². The lowest BCUT2D eigenvalue weighted by molar-refractivity contribution is -0.384. The number of nitro benzene ring substituents is 1. The van der Waals surface area contributed by atoms with Gasteiger partial charge < -0.3 is 10.4 Å². The summed E-state index contributed by atoms with van der Waals surface area (Å²) in [4.78, 5) is 10.1. The average molecular weight is 323 g/mol. The second kappa shape index (κ2) is 5.75. The Morgan fingerprint density at radius 2 is 2.11 bits per heavy atom. The Morgan fingerprint density at radius 1 is 1.47 bits per heavy atom. The summed E-state index contributed by atoms with van der Waals surface area (Å²) in [5, 5.41) is 24.2. The van der Waals surface area contributed by atoms with Crippen LogP contribution in [-0.2, 0) is 0 Å². The molecule has 1 fully saturated rings. The van der Waals surface area contributed by atoms with Crippen LogP contribution in [0.25, 0.3) is 0 Å². The summed E-state index contributed by atoms with van der Waals surface area (Å²) in [5.74, 6) is 1.57. The minimum absolute atomic E-state index is 0.157. The smallest absolute Gasteiger partial charge is 0.272 e. The molecule has 1 unspecified atom stereocenters. The van der Waals surface area contributed by atoms with Gasteiger partial charge in [0.15, 0.2) is 0 Å². The summed E-state index contributed by atoms with van der Waals surface area (Å²) in [6.07, 6.45) is 0.701. The second-order valence-corrected chi connectivity index (χ2v) is 6.34. The SMILES string of the molecule is O=[N+]([O-])c1cc(Cl)c(NCC2(O)CCSC2)c(Cl)c1. The van der Waals surface area contributed by atoms with Crippen molar-refractivity contribution in [2.75, 3.05) is 23.4 Å². The first-order chi connectivity index (χ1) is 8.91. The molecular weight excluding hydrogens is 311 g/mol. The van der Waals surface area contributed by atoms with E-state index in [1.165, 1.54) is 12.1 Å². The highest BCUT2D eigenvalue weighted by Crippen LogP contribution is 2.36. The molecule has 0 amide bonds. The molecule has 0 aliphatic carbocycles. The van der Waals surface area contributed by atoms with Crippen molar-refractivity contribution < 1.29 is 10.0 Å². The fourth-order valence-corrected chi connectivity index (χ4v) is 3.73. The molecule has 1 atom stereocenters. The minimum Gasteiger partial charge on any atom is -0.387 e. The number of non-ortho nitro benzene ring substituents is 1. The highest BCUT2D eigenvalue weighted by atomic mass is 35.5. The van der Waals surface area contributed by atoms with Crippen LogP contribution >= 0.6 is 35.0 Å². The molecule has 5 nitrogen and oxygen atoms in total. The Hall–Kier alpha value is -0.690. The Kier molecular flexibility index (Phi) is 4.45. The highest BCUT2D eigenvalue weighted by Gasteiger charge is 2.31. The van der Waals surface area contributed by atoms with E-state index in [1.54, 1.807) is 11.8 Å². The molecule has 0 saturated carbocycles. The maximum atomic E-state index is 10.7. The first-order valence-electron chi connectivity index (χ1n) is 5.59. The van der Waals surface area contributed by atoms with Crippen molar-refractivity contribution in [3.05, 3.63) is 32.3 Å². The van der Waals surface area contributed by atoms with Crippen LogP contribution in [-0.4, -0.2) is 33.7 Å². The van der Waals surface area contributed by atoms with E-state index in [9.17, 15) is 15.2 Å². The normalized spacial score (nSPS) is 22.5. The summed E-state index contributed by atoms with van der Waals surface area (Å²) in [5.41, 5.74) is -0.519. The lowest BCUT2D eigenvalue weighted by Crippen LogP contribution is -2.36. The molecule has 1 aliphatic rings. The van der Waals surface area contributed by atoms with E-state index in [2.05, 4.69) is 5.32 Å². The third-order valence-corrected chi connectivity index (χ3v) is 4.74. The minimum atomic E-state index is -0.779. The Morgan fingerprint density at radius 3 is 2.58 bits per heavy atom. The van der Waals surface area contributed by atoms with E-state index < -0.39 is 10.5 Å². The fraction of sp³-hybridized carbons (Fsp3) is 0.455. The number of aliphatic hydroxyl groups is 1. The van der Waals surface area contributed by atoms with Crippen molar-refractivity contribution in [3.8, 4) is 0 Å². The van der Waals surface area contributed by atoms with Gasteiger partial charge in [-0.2, -0.15) is 11.8 Å². The molecule has 0 aromatic heterocycles. The van der Waals surface area contributed by atoms with Gasteiger partial charge in [-0.15, -0.1) is 0 Å². The number of hydrogen-bond acceptors (Lipinski definition) is 5. The topological polar surface area (TPSA) is 75.4 Å². The van der Waals surface area contributed by atoms with Crippen molar-refractivity contribution in [1.29, 1.82) is 0 Å². The van der Waals surface area contributed by atoms with Gasteiger partial charge >= 0.3 is 0 Å². The van der Waals surface area contributed by atoms with Gasteiger partial charge in [0, 0.05) is 24.4 Å². The van der Waals surface area contributed by atoms with Gasteiger partial charge in [-0.1, -0.05) is 23.2 Å². The molecule has 1 saturated heterocycles. The van der Waals surface area contributed by atoms with Gasteiger partial charge in [0.25, 0.3) is 5.69 Å². The largest absolute Gasteiger partial charge is 0.387 e. The van der Waals surface area contributed by atoms with Crippen molar-refractivity contribution in [2.24, 2.45) is 0 Å². The van der Waals surface area contributed by atoms with E-state index in [4.69, 9.17) is 23.2 Å². The molecule has 19 heavy (non-hydrogen) atoms. The number of halogens is 2. The maximum Gasteiger partial charge on any atom is 0.272 e. The molecule has 104 valence electrons. The van der Waals surface area contributed by atoms with Gasteiger partial charge in [0.1, 0.15) is 0 Å². The summed E-state index contributed by atoms with van der Waals surface area (Å²) < 4.78 is 0. The van der Waals surface area contributed by atoms with E-state index in [-0.39, 0.29) is 15.7 Å². The molecular formula is C11H12Cl2N2O3S. The number of nitrogens with one attached hydrogen (secondary N) is 1. The fourth-order valence-electron chi connectivity index (χ4n) is 1.82. The number of anilines is 1. The summed E-state index contributed by atoms with van der Waals surface area (Å²) in [6, 6.07) is 2.48. The Balaban J connectivity index is 2.14. The lowest BCUT2D eigenvalue weighted by Gasteiger charge is -2.23. The van der Waals surface area contributed by atoms with Crippen LogP contribution in [0.3, 0.4) is 0 Å². The zero-order chi connectivity index (χ0) is 14.0. The number of thioether (sulfide) groups is 1. The monoisotopic (exact) mass is 322 g/mol. The standard InChI is InChI=1S/C11H12Cl2N2O3S/c12-8-3-7(15(17)18)4-9(13)10(8)14-5-11(16)1-2-19-6-11/h3-4,14,16H,1-2,5-6H2. The number of nitro groups is 1. The molecule has 0 radical (unpaired) electrons. The van der Waals surface area contributed by atoms with Crippen LogP contribution in [0.1, 0.15) is 6.42 Å². The van der Waals surface area contributed by atoms with E-state index in [0.717, 1.165) is 5.75 Å². The predicted molar refractivity (Wildman–Crippen MR) is 78.5 cm³/mol. The van der Waals surface area contributed by atoms with Crippen molar-refractivity contribution >= 4 is 46.3 Å². The molecule has 0 bridgehead atoms. The van der Waals surface area contributed by atoms with Crippen molar-refractivity contribution in [2.45, 2.75) is 12.0 Å². The zero-order valence-electron chi connectivity index (χ0n) is 9.86. The molecule has 1 heterocycles. The highest BCUT2D eigenvalue weighted by molar-refractivity contribution is 7.99. The van der Waals surface area contributed by atoms with Crippen molar-refractivity contribution in [3.63, 3.8) is 0 Å². The summed E-state index contributed by atoms with van der Waals surface area (Å²) >= 11 is 13.6. The van der Waals surface area contributed by atoms with Gasteiger partial charge in [0.05, 0.1) is 26.3 Å². The average Bonchev–Trinajstić information content (AvgIpc) is 2.75. The zero-order valence-corrected chi connectivity index (χ0v) is 12.2. The van der Waals surface area contributed by atoms with Crippen molar-refractivity contribution in [1.82, 2.24) is 0 Å². The predicted octanol–water partition coefficient (Wildman–Crippen LogP) is 3.18. The number of hydrogen-bond donors (Lipinski definition) is 2. The summed E-state index contributed by atoms with van der Waals surface area (Å²) in [7, 11) is 0. The van der Waals surface area contributed by atoms with E-state index in [1.807, 2.05) is 0 Å². The molecule has 2 N–H and O–H groups in total. The number of benzene rings is 1. The van der Waals surface area contributed by atoms with Gasteiger partial charge in [-0.05, 0) is 12.2 Å². The first kappa shape index (κ1) is 14.7. The third kappa shape index (κ3) is 3.45. The maximum absolute atomic E-state index is 10.7. The van der Waals surface area contributed by atoms with E-state index in [0.29, 0.717) is 24.4 Å². The number of nitrogens with zero attached hydrogens (tertiary/aromatic N) is 1. The van der Waals surface area contributed by atoms with Gasteiger partial charge in [-0.25, -0.2) is 0 Å². The lowest BCUT2D eigenvalue weighted by atomic mass is 10.0. The second-order valence-electron chi connectivity index (χ2n) is 4.42. The molecule has 2 rings (SSSR count). The number of rotatable bonds is 4. The molecule has 1 aliphatic heterocycles. The van der Waals surface area contributed by atoms with Gasteiger partial charge in [-0.3, -0.25) is 10.1 Å². The first-order valence-corrected chi connectivity index (χ1v) is 7.50. The van der Waals surface area contributed by atoms with Crippen LogP contribution in [0.5, 0.6) is 0 Å². The molecule has 1 aromatic carbocycles. The molecule has 1 aromatic rings. The Bertz CT molecular complexity index is 484. The Labute approximate surface area is 124 Å². The molecule has 8 heteroatoms. The van der Waals surface area contributed by atoms with Crippen LogP contribution in [0.2, 0.25) is 10.0 Å². The van der Waals surface area contributed by atoms with Gasteiger partial charge in [0.2, 0.25) is 0 Å². The summed E-state index contributed by atoms with van der Waals surface area (Å²) in [6.45, 7) is 0.317. The van der Waals surface area contributed by atoms with Crippen LogP contribution in [0, 0.1) is 10.1 Å². The quantitative estimate of drug-likeness (QED) is 0.657. The molecule has 0 spiro atoms. The van der Waals surface area contributed by atoms with Crippen LogP contribution in [0.15, 0.2) is 12.1 Å². The van der Waals surface area contributed by atoms with Crippen LogP contribution in [0.4, 0.5) is 11.4 Å².